The van der Waals surface area contributed by atoms with Crippen molar-refractivity contribution in [3.8, 4) is 6.07 Å². The fourth-order valence-corrected chi connectivity index (χ4v) is 2.33. The first kappa shape index (κ1) is 16.9. The molecule has 0 bridgehead atoms. The lowest BCUT2D eigenvalue weighted by Gasteiger charge is -2.13. The Kier molecular flexibility index (Phi) is 4.45. The summed E-state index contributed by atoms with van der Waals surface area (Å²) in [6, 6.07) is 13.8. The number of nitrogens with zero attached hydrogens (tertiary/aromatic N) is 2. The Bertz CT molecular complexity index is 925. The highest BCUT2D eigenvalue weighted by atomic mass is 16.7. The van der Waals surface area contributed by atoms with Gasteiger partial charge in [0.1, 0.15) is 6.54 Å². The van der Waals surface area contributed by atoms with Crippen LogP contribution in [0.3, 0.4) is 0 Å². The van der Waals surface area contributed by atoms with Gasteiger partial charge in [0.15, 0.2) is 0 Å². The highest BCUT2D eigenvalue weighted by Crippen LogP contribution is 2.22. The normalized spacial score (nSPS) is 12.3. The topological polar surface area (TPSA) is 117 Å². The number of nitrogens with one attached hydrogen (secondary N) is 1. The molecule has 8 nitrogen and oxygen atoms in total. The number of carbonyl (C=O) groups excluding carboxylic acids is 4. The van der Waals surface area contributed by atoms with Gasteiger partial charge >= 0.3 is 5.97 Å². The molecular weight excluding hydrogens is 338 g/mol. The molecule has 0 atom stereocenters. The van der Waals surface area contributed by atoms with Crippen LogP contribution in [0.15, 0.2) is 48.5 Å². The van der Waals surface area contributed by atoms with Crippen molar-refractivity contribution in [3.05, 3.63) is 70.8 Å². The van der Waals surface area contributed by atoms with Crippen molar-refractivity contribution in [2.45, 2.75) is 0 Å². The maximum atomic E-state index is 12.1. The van der Waals surface area contributed by atoms with E-state index in [1.807, 2.05) is 6.07 Å². The Hall–Kier alpha value is -3.99. The fraction of sp³-hybridized carbons (Fsp3) is 0.0556. The van der Waals surface area contributed by atoms with Crippen LogP contribution in [0.4, 0.5) is 0 Å². The average molecular weight is 349 g/mol. The van der Waals surface area contributed by atoms with Crippen molar-refractivity contribution >= 4 is 23.7 Å². The summed E-state index contributed by atoms with van der Waals surface area (Å²) in [6.07, 6.45) is 0. The van der Waals surface area contributed by atoms with Crippen molar-refractivity contribution in [3.63, 3.8) is 0 Å². The van der Waals surface area contributed by atoms with Crippen LogP contribution in [-0.4, -0.2) is 35.3 Å². The van der Waals surface area contributed by atoms with E-state index in [-0.39, 0.29) is 16.7 Å². The molecule has 26 heavy (non-hydrogen) atoms. The van der Waals surface area contributed by atoms with E-state index in [0.717, 1.165) is 0 Å². The van der Waals surface area contributed by atoms with Gasteiger partial charge in [0.05, 0.1) is 22.8 Å². The minimum Gasteiger partial charge on any atom is -0.341 e. The first-order valence-corrected chi connectivity index (χ1v) is 7.48. The summed E-state index contributed by atoms with van der Waals surface area (Å²) in [4.78, 5) is 52.7. The van der Waals surface area contributed by atoms with Crippen molar-refractivity contribution < 1.29 is 24.0 Å². The molecule has 0 aromatic heterocycles. The van der Waals surface area contributed by atoms with E-state index in [1.165, 1.54) is 36.4 Å². The smallest absolute Gasteiger partial charge is 0.341 e. The summed E-state index contributed by atoms with van der Waals surface area (Å²) < 4.78 is 0. The van der Waals surface area contributed by atoms with E-state index in [1.54, 1.807) is 12.1 Å². The molecule has 1 aliphatic heterocycles. The minimum atomic E-state index is -0.971. The first-order chi connectivity index (χ1) is 12.5. The Morgan fingerprint density at radius 2 is 1.58 bits per heavy atom. The van der Waals surface area contributed by atoms with Gasteiger partial charge < -0.3 is 10.2 Å². The zero-order valence-corrected chi connectivity index (χ0v) is 13.3. The second kappa shape index (κ2) is 6.86. The Labute approximate surface area is 147 Å². The van der Waals surface area contributed by atoms with Crippen LogP contribution < -0.4 is 5.32 Å². The summed E-state index contributed by atoms with van der Waals surface area (Å²) >= 11 is 0. The molecule has 0 saturated carbocycles. The second-order valence-corrected chi connectivity index (χ2v) is 5.29. The van der Waals surface area contributed by atoms with Crippen LogP contribution in [0, 0.1) is 11.3 Å². The third-order valence-corrected chi connectivity index (χ3v) is 3.62. The number of hydroxylamine groups is 2. The lowest BCUT2D eigenvalue weighted by atomic mass is 10.1. The predicted octanol–water partition coefficient (Wildman–Crippen LogP) is 1.04. The van der Waals surface area contributed by atoms with Crippen LogP contribution >= 0.6 is 0 Å². The van der Waals surface area contributed by atoms with Crippen molar-refractivity contribution in [1.82, 2.24) is 10.4 Å². The van der Waals surface area contributed by atoms with Crippen molar-refractivity contribution in [1.29, 1.82) is 5.26 Å². The van der Waals surface area contributed by atoms with Crippen LogP contribution in [0.1, 0.15) is 36.6 Å². The number of fused-ring (bicyclic) bond motifs is 1. The number of rotatable bonds is 4. The molecule has 2 aromatic carbocycles. The summed E-state index contributed by atoms with van der Waals surface area (Å²) in [7, 11) is 0. The molecule has 0 radical (unpaired) electrons. The van der Waals surface area contributed by atoms with Crippen LogP contribution in [-0.2, 0) is 9.63 Å². The molecule has 2 aromatic rings. The van der Waals surface area contributed by atoms with Gasteiger partial charge in [-0.1, -0.05) is 17.2 Å². The van der Waals surface area contributed by atoms with Crippen molar-refractivity contribution in [2.75, 3.05) is 6.54 Å². The number of amides is 3. The number of hydrogen-bond donors (Lipinski definition) is 1. The summed E-state index contributed by atoms with van der Waals surface area (Å²) in [5.41, 5.74) is 0.933. The van der Waals surface area contributed by atoms with E-state index in [4.69, 9.17) is 10.1 Å². The molecule has 3 rings (SSSR count). The highest BCUT2D eigenvalue weighted by molar-refractivity contribution is 6.20. The molecule has 8 heteroatoms. The Morgan fingerprint density at radius 1 is 1.00 bits per heavy atom. The molecule has 3 amide bonds. The zero-order chi connectivity index (χ0) is 18.7. The molecule has 0 spiro atoms. The predicted molar refractivity (Wildman–Crippen MR) is 86.5 cm³/mol. The summed E-state index contributed by atoms with van der Waals surface area (Å²) in [5, 5.41) is 11.4. The number of nitriles is 1. The summed E-state index contributed by atoms with van der Waals surface area (Å²) in [6.45, 7) is -0.535. The Morgan fingerprint density at radius 3 is 2.12 bits per heavy atom. The molecule has 1 aliphatic rings. The average Bonchev–Trinajstić information content (AvgIpc) is 2.91. The minimum absolute atomic E-state index is 0.145. The summed E-state index contributed by atoms with van der Waals surface area (Å²) in [5.74, 6) is -3.01. The molecule has 1 N–H and O–H groups in total. The van der Waals surface area contributed by atoms with Crippen molar-refractivity contribution in [2.24, 2.45) is 0 Å². The highest BCUT2D eigenvalue weighted by Gasteiger charge is 2.38. The quantitative estimate of drug-likeness (QED) is 0.825. The maximum Gasteiger partial charge on any atom is 0.352 e. The molecule has 0 saturated heterocycles. The molecule has 128 valence electrons. The second-order valence-electron chi connectivity index (χ2n) is 5.29. The van der Waals surface area contributed by atoms with E-state index in [2.05, 4.69) is 5.32 Å². The van der Waals surface area contributed by atoms with Gasteiger partial charge in [-0.3, -0.25) is 14.4 Å². The molecule has 0 unspecified atom stereocenters. The van der Waals surface area contributed by atoms with Gasteiger partial charge in [0.2, 0.25) is 0 Å². The maximum absolute atomic E-state index is 12.1. The van der Waals surface area contributed by atoms with E-state index in [0.29, 0.717) is 10.6 Å². The third-order valence-electron chi connectivity index (χ3n) is 3.62. The lowest BCUT2D eigenvalue weighted by Crippen LogP contribution is -2.38. The number of imide groups is 1. The molecule has 0 aliphatic carbocycles. The number of benzene rings is 2. The monoisotopic (exact) mass is 349 g/mol. The molecule has 0 fully saturated rings. The molecule has 1 heterocycles. The standard InChI is InChI=1S/C18H11N3O5/c19-9-11-5-7-12(8-6-11)16(23)20-10-15(22)26-21-17(24)13-3-1-2-4-14(13)18(21)25/h1-8H,10H2,(H,20,23). The van der Waals surface area contributed by atoms with E-state index < -0.39 is 30.2 Å². The van der Waals surface area contributed by atoms with Gasteiger partial charge in [-0.15, -0.1) is 0 Å². The largest absolute Gasteiger partial charge is 0.352 e. The van der Waals surface area contributed by atoms with Crippen LogP contribution in [0.25, 0.3) is 0 Å². The molecular formula is C18H11N3O5. The lowest BCUT2D eigenvalue weighted by molar-refractivity contribution is -0.167. The van der Waals surface area contributed by atoms with Gasteiger partial charge in [-0.25, -0.2) is 4.79 Å². The van der Waals surface area contributed by atoms with Crippen LogP contribution in [0.5, 0.6) is 0 Å². The first-order valence-electron chi connectivity index (χ1n) is 7.48. The number of hydrogen-bond acceptors (Lipinski definition) is 6. The fourth-order valence-electron chi connectivity index (χ4n) is 2.33. The Balaban J connectivity index is 1.58. The van der Waals surface area contributed by atoms with Gasteiger partial charge in [-0.2, -0.15) is 5.26 Å². The SMILES string of the molecule is N#Cc1ccc(C(=O)NCC(=O)ON2C(=O)c3ccccc3C2=O)cc1. The van der Waals surface area contributed by atoms with E-state index >= 15 is 0 Å². The van der Waals surface area contributed by atoms with Crippen LogP contribution in [0.2, 0.25) is 0 Å². The van der Waals surface area contributed by atoms with E-state index in [9.17, 15) is 19.2 Å². The zero-order valence-electron chi connectivity index (χ0n) is 13.3. The van der Waals surface area contributed by atoms with Gasteiger partial charge in [-0.05, 0) is 36.4 Å². The number of carbonyl (C=O) groups is 4. The van der Waals surface area contributed by atoms with Gasteiger partial charge in [0, 0.05) is 5.56 Å². The van der Waals surface area contributed by atoms with Gasteiger partial charge in [0.25, 0.3) is 17.7 Å². The third kappa shape index (κ3) is 3.14.